The molecule has 1 unspecified atom stereocenters. The van der Waals surface area contributed by atoms with Crippen LogP contribution < -0.4 is 14.2 Å². The summed E-state index contributed by atoms with van der Waals surface area (Å²) >= 11 is 0. The van der Waals surface area contributed by atoms with Crippen molar-refractivity contribution in [3.63, 3.8) is 0 Å². The van der Waals surface area contributed by atoms with Crippen molar-refractivity contribution in [3.8, 4) is 17.2 Å². The first-order chi connectivity index (χ1) is 18.7. The molecular weight excluding hydrogens is 512 g/mol. The molecule has 0 saturated carbocycles. The highest BCUT2D eigenvalue weighted by Crippen LogP contribution is 2.34. The fourth-order valence-electron chi connectivity index (χ4n) is 5.95. The Labute approximate surface area is 238 Å². The van der Waals surface area contributed by atoms with Crippen molar-refractivity contribution in [1.82, 2.24) is 9.80 Å². The topological polar surface area (TPSA) is 51.2 Å². The Morgan fingerprint density at radius 3 is 2.54 bits per heavy atom. The molecular formula is C32H41ClN2O4. The van der Waals surface area contributed by atoms with Gasteiger partial charge < -0.3 is 24.0 Å². The molecule has 6 nitrogen and oxygen atoms in total. The fraction of sp³-hybridized carbons (Fsp3) is 0.469. The van der Waals surface area contributed by atoms with Gasteiger partial charge in [0.1, 0.15) is 5.75 Å². The second-order valence-corrected chi connectivity index (χ2v) is 10.6. The van der Waals surface area contributed by atoms with Crippen LogP contribution in [0.25, 0.3) is 10.8 Å². The van der Waals surface area contributed by atoms with Gasteiger partial charge in [-0.05, 0) is 80.3 Å². The normalized spacial score (nSPS) is 17.7. The SMILES string of the molecule is COc1cc2c(cc1OC)C(=O)N(CC1CCCCN(CCCCOc3cccc4ccccc34)C1)CC2.Cl. The van der Waals surface area contributed by atoms with Crippen molar-refractivity contribution in [1.29, 1.82) is 0 Å². The first-order valence-electron chi connectivity index (χ1n) is 14.0. The van der Waals surface area contributed by atoms with E-state index in [-0.39, 0.29) is 18.3 Å². The molecule has 1 amide bonds. The molecule has 0 spiro atoms. The maximum absolute atomic E-state index is 13.4. The third kappa shape index (κ3) is 6.98. The van der Waals surface area contributed by atoms with Gasteiger partial charge in [-0.3, -0.25) is 4.79 Å². The van der Waals surface area contributed by atoms with Crippen molar-refractivity contribution in [3.05, 3.63) is 65.7 Å². The van der Waals surface area contributed by atoms with Gasteiger partial charge in [-0.2, -0.15) is 0 Å². The predicted molar refractivity (Wildman–Crippen MR) is 159 cm³/mol. The number of fused-ring (bicyclic) bond motifs is 2. The molecule has 0 radical (unpaired) electrons. The van der Waals surface area contributed by atoms with Crippen LogP contribution in [0, 0.1) is 5.92 Å². The van der Waals surface area contributed by atoms with E-state index < -0.39 is 0 Å². The van der Waals surface area contributed by atoms with Crippen molar-refractivity contribution >= 4 is 29.1 Å². The van der Waals surface area contributed by atoms with Crippen LogP contribution in [0.5, 0.6) is 17.2 Å². The Kier molecular flexibility index (Phi) is 10.4. The lowest BCUT2D eigenvalue weighted by molar-refractivity contribution is 0.0694. The fourth-order valence-corrected chi connectivity index (χ4v) is 5.95. The molecule has 0 bridgehead atoms. The number of likely N-dealkylation sites (tertiary alicyclic amines) is 1. The molecule has 39 heavy (non-hydrogen) atoms. The molecule has 3 aromatic carbocycles. The van der Waals surface area contributed by atoms with Crippen molar-refractivity contribution in [2.45, 2.75) is 38.5 Å². The molecule has 1 atom stereocenters. The number of amides is 1. The highest BCUT2D eigenvalue weighted by Gasteiger charge is 2.29. The standard InChI is InChI=1S/C32H40N2O4.ClH/c1-36-30-20-26-15-18-34(32(35)28(26)21-31(30)37-2)23-24-10-5-6-16-33(22-24)17-7-8-19-38-29-14-9-12-25-11-3-4-13-27(25)29;/h3-4,9,11-14,20-21,24H,5-8,10,15-19,22-23H2,1-2H3;1H. The zero-order valence-corrected chi connectivity index (χ0v) is 24.0. The van der Waals surface area contributed by atoms with Crippen LogP contribution in [0.4, 0.5) is 0 Å². The van der Waals surface area contributed by atoms with Gasteiger partial charge in [-0.25, -0.2) is 0 Å². The summed E-state index contributed by atoms with van der Waals surface area (Å²) in [6.07, 6.45) is 6.66. The lowest BCUT2D eigenvalue weighted by Gasteiger charge is -2.33. The molecule has 0 aliphatic carbocycles. The van der Waals surface area contributed by atoms with E-state index in [0.29, 0.717) is 17.4 Å². The van der Waals surface area contributed by atoms with Gasteiger partial charge in [-0.1, -0.05) is 42.8 Å². The molecule has 0 aromatic heterocycles. The van der Waals surface area contributed by atoms with Gasteiger partial charge in [0.2, 0.25) is 0 Å². The highest BCUT2D eigenvalue weighted by atomic mass is 35.5. The summed E-state index contributed by atoms with van der Waals surface area (Å²) < 4.78 is 17.0. The summed E-state index contributed by atoms with van der Waals surface area (Å²) in [5, 5.41) is 2.40. The minimum Gasteiger partial charge on any atom is -0.493 e. The van der Waals surface area contributed by atoms with E-state index in [4.69, 9.17) is 14.2 Å². The van der Waals surface area contributed by atoms with Crippen LogP contribution in [0.2, 0.25) is 0 Å². The molecule has 2 heterocycles. The van der Waals surface area contributed by atoms with Crippen LogP contribution in [-0.4, -0.2) is 69.3 Å². The average molecular weight is 553 g/mol. The maximum Gasteiger partial charge on any atom is 0.254 e. The number of halogens is 1. The highest BCUT2D eigenvalue weighted by molar-refractivity contribution is 5.97. The number of carbonyl (C=O) groups excluding carboxylic acids is 1. The third-order valence-corrected chi connectivity index (χ3v) is 7.99. The number of methoxy groups -OCH3 is 2. The van der Waals surface area contributed by atoms with Crippen molar-refractivity contribution in [2.75, 3.05) is 53.6 Å². The minimum absolute atomic E-state index is 0. The number of rotatable bonds is 10. The zero-order chi connectivity index (χ0) is 26.3. The van der Waals surface area contributed by atoms with Crippen molar-refractivity contribution in [2.24, 2.45) is 5.92 Å². The zero-order valence-electron chi connectivity index (χ0n) is 23.2. The monoisotopic (exact) mass is 552 g/mol. The van der Waals surface area contributed by atoms with Crippen LogP contribution in [0.3, 0.4) is 0 Å². The van der Waals surface area contributed by atoms with Gasteiger partial charge in [0.05, 0.1) is 20.8 Å². The van der Waals surface area contributed by atoms with Gasteiger partial charge in [0.25, 0.3) is 5.91 Å². The molecule has 1 saturated heterocycles. The molecule has 210 valence electrons. The maximum atomic E-state index is 13.4. The number of ether oxygens (including phenoxy) is 3. The summed E-state index contributed by atoms with van der Waals surface area (Å²) in [6, 6.07) is 18.4. The minimum atomic E-state index is 0. The van der Waals surface area contributed by atoms with E-state index in [0.717, 1.165) is 75.5 Å². The van der Waals surface area contributed by atoms with Gasteiger partial charge in [0.15, 0.2) is 11.5 Å². The van der Waals surface area contributed by atoms with E-state index in [1.807, 2.05) is 12.1 Å². The number of hydrogen-bond acceptors (Lipinski definition) is 5. The van der Waals surface area contributed by atoms with Crippen LogP contribution in [0.1, 0.15) is 48.0 Å². The molecule has 7 heteroatoms. The van der Waals surface area contributed by atoms with E-state index in [9.17, 15) is 4.79 Å². The van der Waals surface area contributed by atoms with Crippen LogP contribution in [0.15, 0.2) is 54.6 Å². The third-order valence-electron chi connectivity index (χ3n) is 7.99. The van der Waals surface area contributed by atoms with Crippen LogP contribution >= 0.6 is 12.4 Å². The number of hydrogen-bond donors (Lipinski definition) is 0. The Bertz CT molecular complexity index is 1240. The number of carbonyl (C=O) groups is 1. The molecule has 1 fully saturated rings. The summed E-state index contributed by atoms with van der Waals surface area (Å²) in [7, 11) is 3.25. The average Bonchev–Trinajstić information content (AvgIpc) is 3.18. The first kappa shape index (κ1) is 29.0. The first-order valence-corrected chi connectivity index (χ1v) is 14.0. The van der Waals surface area contributed by atoms with E-state index >= 15 is 0 Å². The Balaban J connectivity index is 0.00000353. The quantitative estimate of drug-likeness (QED) is 0.279. The lowest BCUT2D eigenvalue weighted by atomic mass is 9.95. The predicted octanol–water partition coefficient (Wildman–Crippen LogP) is 6.24. The van der Waals surface area contributed by atoms with E-state index in [2.05, 4.69) is 52.3 Å². The smallest absolute Gasteiger partial charge is 0.254 e. The number of unbranched alkanes of at least 4 members (excludes halogenated alkanes) is 1. The van der Waals surface area contributed by atoms with Crippen LogP contribution in [-0.2, 0) is 6.42 Å². The number of nitrogens with zero attached hydrogens (tertiary/aromatic N) is 2. The summed E-state index contributed by atoms with van der Waals surface area (Å²) in [4.78, 5) is 18.0. The van der Waals surface area contributed by atoms with E-state index in [1.54, 1.807) is 14.2 Å². The molecule has 0 N–H and O–H groups in total. The Morgan fingerprint density at radius 1 is 0.897 bits per heavy atom. The van der Waals surface area contributed by atoms with E-state index in [1.165, 1.54) is 30.0 Å². The molecule has 2 aliphatic heterocycles. The second-order valence-electron chi connectivity index (χ2n) is 10.6. The second kappa shape index (κ2) is 13.9. The van der Waals surface area contributed by atoms with Crippen molar-refractivity contribution < 1.29 is 19.0 Å². The molecule has 5 rings (SSSR count). The lowest BCUT2D eigenvalue weighted by Crippen LogP contribution is -2.43. The van der Waals surface area contributed by atoms with Gasteiger partial charge >= 0.3 is 0 Å². The summed E-state index contributed by atoms with van der Waals surface area (Å²) in [6.45, 7) is 5.63. The van der Waals surface area contributed by atoms with Gasteiger partial charge in [0, 0.05) is 30.6 Å². The Morgan fingerprint density at radius 2 is 1.69 bits per heavy atom. The summed E-state index contributed by atoms with van der Waals surface area (Å²) in [5.41, 5.74) is 1.81. The summed E-state index contributed by atoms with van der Waals surface area (Å²) in [5.74, 6) is 2.91. The van der Waals surface area contributed by atoms with Gasteiger partial charge in [-0.15, -0.1) is 12.4 Å². The molecule has 2 aliphatic rings. The largest absolute Gasteiger partial charge is 0.493 e. The number of benzene rings is 3. The Hall–Kier alpha value is -2.96. The molecule has 3 aromatic rings.